The molecule has 1 N–H and O–H groups in total. The number of nitrogens with zero attached hydrogens (tertiary/aromatic N) is 5. The topological polar surface area (TPSA) is 96.5 Å². The van der Waals surface area contributed by atoms with Crippen molar-refractivity contribution in [3.63, 3.8) is 0 Å². The van der Waals surface area contributed by atoms with Crippen molar-refractivity contribution in [3.05, 3.63) is 59.9 Å². The lowest BCUT2D eigenvalue weighted by Crippen LogP contribution is -2.55. The number of nitrogens with one attached hydrogen (secondary N) is 1. The molecule has 9 nitrogen and oxygen atoms in total. The van der Waals surface area contributed by atoms with Gasteiger partial charge in [-0.05, 0) is 38.0 Å². The van der Waals surface area contributed by atoms with Gasteiger partial charge in [-0.15, -0.1) is 0 Å². The first-order valence-electron chi connectivity index (χ1n) is 10.5. The van der Waals surface area contributed by atoms with Crippen LogP contribution in [-0.4, -0.2) is 44.9 Å². The zero-order chi connectivity index (χ0) is 22.3. The fourth-order valence-corrected chi connectivity index (χ4v) is 4.55. The van der Waals surface area contributed by atoms with Crippen LogP contribution in [0.4, 0.5) is 20.7 Å². The number of hydrogen-bond acceptors (Lipinski definition) is 5. The van der Waals surface area contributed by atoms with Crippen LogP contribution < -0.4 is 10.2 Å². The number of amides is 3. The lowest BCUT2D eigenvalue weighted by Gasteiger charge is -2.46. The Hall–Kier alpha value is -3.69. The molecule has 1 fully saturated rings. The molecule has 0 aliphatic carbocycles. The highest BCUT2D eigenvalue weighted by atomic mass is 19.1. The third kappa shape index (κ3) is 3.61. The number of fused-ring (bicyclic) bond motifs is 2. The quantitative estimate of drug-likeness (QED) is 0.677. The Labute approximate surface area is 183 Å². The Balaban J connectivity index is 1.30. The van der Waals surface area contributed by atoms with Gasteiger partial charge in [0, 0.05) is 30.9 Å². The monoisotopic (exact) mass is 438 g/mol. The lowest BCUT2D eigenvalue weighted by molar-refractivity contribution is -0.123. The highest BCUT2D eigenvalue weighted by Crippen LogP contribution is 2.41. The Morgan fingerprint density at radius 2 is 2.06 bits per heavy atom. The van der Waals surface area contributed by atoms with Crippen LogP contribution in [0.3, 0.4) is 0 Å². The molecule has 1 spiro atoms. The van der Waals surface area contributed by atoms with Crippen LogP contribution in [0.15, 0.2) is 47.1 Å². The summed E-state index contributed by atoms with van der Waals surface area (Å²) in [4.78, 5) is 29.1. The van der Waals surface area contributed by atoms with Crippen molar-refractivity contribution in [2.45, 2.75) is 38.3 Å². The van der Waals surface area contributed by atoms with Crippen LogP contribution in [0, 0.1) is 12.7 Å². The largest absolute Gasteiger partial charge is 0.361 e. The van der Waals surface area contributed by atoms with Gasteiger partial charge < -0.3 is 14.7 Å². The van der Waals surface area contributed by atoms with E-state index < -0.39 is 11.4 Å². The number of carbonyl (C=O) groups is 2. The minimum absolute atomic E-state index is 0.00341. The van der Waals surface area contributed by atoms with E-state index in [0.29, 0.717) is 56.0 Å². The number of anilines is 2. The Morgan fingerprint density at radius 3 is 2.78 bits per heavy atom. The van der Waals surface area contributed by atoms with Crippen molar-refractivity contribution in [2.75, 3.05) is 23.3 Å². The zero-order valence-corrected chi connectivity index (χ0v) is 17.6. The Morgan fingerprint density at radius 1 is 1.25 bits per heavy atom. The lowest BCUT2D eigenvalue weighted by atomic mass is 9.82. The molecule has 3 aromatic rings. The first kappa shape index (κ1) is 20.2. The standard InChI is InChI=1S/C22H23FN6O3/c1-15-11-18(26-32-15)14-28-19-5-8-24-29(19)22(13-20(28)30)6-9-27(10-7-22)21(31)25-17-4-2-3-16(23)12-17/h2-5,8,11-12H,6-7,9-10,13-14H2,1H3,(H,25,31). The van der Waals surface area contributed by atoms with E-state index in [1.54, 1.807) is 28.1 Å². The molecule has 0 saturated carbocycles. The molecule has 5 rings (SSSR count). The molecular weight excluding hydrogens is 415 g/mol. The number of rotatable bonds is 3. The van der Waals surface area contributed by atoms with Gasteiger partial charge in [-0.25, -0.2) is 13.9 Å². The maximum atomic E-state index is 13.4. The number of carbonyl (C=O) groups excluding carboxylic acids is 2. The number of hydrogen-bond donors (Lipinski definition) is 1. The van der Waals surface area contributed by atoms with Crippen LogP contribution in [0.2, 0.25) is 0 Å². The summed E-state index contributed by atoms with van der Waals surface area (Å²) in [7, 11) is 0. The smallest absolute Gasteiger partial charge is 0.321 e. The summed E-state index contributed by atoms with van der Waals surface area (Å²) in [5.41, 5.74) is 0.626. The van der Waals surface area contributed by atoms with Gasteiger partial charge in [-0.2, -0.15) is 5.10 Å². The van der Waals surface area contributed by atoms with E-state index in [9.17, 15) is 14.0 Å². The minimum atomic E-state index is -0.470. The number of likely N-dealkylation sites (tertiary alicyclic amines) is 1. The fourth-order valence-electron chi connectivity index (χ4n) is 4.55. The molecule has 1 aromatic carbocycles. The van der Waals surface area contributed by atoms with Crippen LogP contribution in [0.25, 0.3) is 0 Å². The second-order valence-corrected chi connectivity index (χ2v) is 8.34. The second kappa shape index (κ2) is 7.77. The van der Waals surface area contributed by atoms with Crippen molar-refractivity contribution in [3.8, 4) is 0 Å². The minimum Gasteiger partial charge on any atom is -0.361 e. The number of aromatic nitrogens is 3. The molecule has 0 bridgehead atoms. The van der Waals surface area contributed by atoms with Crippen LogP contribution in [0.1, 0.15) is 30.7 Å². The van der Waals surface area contributed by atoms with E-state index in [-0.39, 0.29) is 11.9 Å². The van der Waals surface area contributed by atoms with Gasteiger partial charge in [0.05, 0.1) is 24.7 Å². The molecule has 1 saturated heterocycles. The summed E-state index contributed by atoms with van der Waals surface area (Å²) < 4.78 is 20.4. The van der Waals surface area contributed by atoms with E-state index in [2.05, 4.69) is 15.6 Å². The van der Waals surface area contributed by atoms with Crippen LogP contribution in [-0.2, 0) is 16.9 Å². The molecule has 2 aliphatic rings. The van der Waals surface area contributed by atoms with Crippen molar-refractivity contribution < 1.29 is 18.5 Å². The first-order valence-corrected chi connectivity index (χ1v) is 10.5. The Kier molecular flexibility index (Phi) is 4.91. The zero-order valence-electron chi connectivity index (χ0n) is 17.6. The highest BCUT2D eigenvalue weighted by molar-refractivity contribution is 5.94. The number of aryl methyl sites for hydroxylation is 1. The molecule has 10 heteroatoms. The number of halogens is 1. The van der Waals surface area contributed by atoms with Crippen LogP contribution >= 0.6 is 0 Å². The van der Waals surface area contributed by atoms with E-state index in [0.717, 1.165) is 5.82 Å². The van der Waals surface area contributed by atoms with E-state index in [4.69, 9.17) is 4.52 Å². The first-order chi connectivity index (χ1) is 15.4. The van der Waals surface area contributed by atoms with E-state index in [1.165, 1.54) is 12.1 Å². The maximum absolute atomic E-state index is 13.4. The Bertz CT molecular complexity index is 1160. The predicted octanol–water partition coefficient (Wildman–Crippen LogP) is 3.28. The maximum Gasteiger partial charge on any atom is 0.321 e. The average Bonchev–Trinajstić information content (AvgIpc) is 3.41. The average molecular weight is 438 g/mol. The molecule has 0 atom stereocenters. The number of urea groups is 1. The summed E-state index contributed by atoms with van der Waals surface area (Å²) in [6.45, 7) is 3.07. The summed E-state index contributed by atoms with van der Waals surface area (Å²) in [5.74, 6) is 1.01. The van der Waals surface area contributed by atoms with E-state index in [1.807, 2.05) is 23.7 Å². The van der Waals surface area contributed by atoms with Gasteiger partial charge in [-0.3, -0.25) is 9.69 Å². The summed E-state index contributed by atoms with van der Waals surface area (Å²) in [5, 5.41) is 11.3. The van der Waals surface area contributed by atoms with Crippen molar-refractivity contribution in [1.82, 2.24) is 19.8 Å². The van der Waals surface area contributed by atoms with Gasteiger partial charge in [0.15, 0.2) is 0 Å². The highest BCUT2D eigenvalue weighted by Gasteiger charge is 2.46. The molecular formula is C22H23FN6O3. The van der Waals surface area contributed by atoms with Crippen molar-refractivity contribution >= 4 is 23.4 Å². The van der Waals surface area contributed by atoms with Gasteiger partial charge in [0.1, 0.15) is 23.1 Å². The van der Waals surface area contributed by atoms with Crippen LogP contribution in [0.5, 0.6) is 0 Å². The predicted molar refractivity (Wildman–Crippen MR) is 113 cm³/mol. The number of benzene rings is 1. The third-order valence-corrected chi connectivity index (χ3v) is 6.18. The fraction of sp³-hybridized carbons (Fsp3) is 0.364. The van der Waals surface area contributed by atoms with E-state index >= 15 is 0 Å². The molecule has 2 aliphatic heterocycles. The van der Waals surface area contributed by atoms with Gasteiger partial charge in [-0.1, -0.05) is 11.2 Å². The molecule has 32 heavy (non-hydrogen) atoms. The molecule has 4 heterocycles. The summed E-state index contributed by atoms with van der Waals surface area (Å²) in [6.07, 6.45) is 3.19. The summed E-state index contributed by atoms with van der Waals surface area (Å²) >= 11 is 0. The van der Waals surface area contributed by atoms with Gasteiger partial charge >= 0.3 is 6.03 Å². The molecule has 0 radical (unpaired) electrons. The molecule has 0 unspecified atom stereocenters. The van der Waals surface area contributed by atoms with Gasteiger partial charge in [0.2, 0.25) is 5.91 Å². The number of piperidine rings is 1. The SMILES string of the molecule is Cc1cc(CN2C(=O)CC3(CCN(C(=O)Nc4cccc(F)c4)CC3)n3nccc32)no1. The normalized spacial score (nSPS) is 17.5. The van der Waals surface area contributed by atoms with Crippen molar-refractivity contribution in [2.24, 2.45) is 0 Å². The second-order valence-electron chi connectivity index (χ2n) is 8.34. The van der Waals surface area contributed by atoms with Crippen molar-refractivity contribution in [1.29, 1.82) is 0 Å². The third-order valence-electron chi connectivity index (χ3n) is 6.18. The molecule has 2 aromatic heterocycles. The molecule has 3 amide bonds. The molecule has 166 valence electrons. The van der Waals surface area contributed by atoms with Gasteiger partial charge in [0.25, 0.3) is 0 Å². The summed E-state index contributed by atoms with van der Waals surface area (Å²) in [6, 6.07) is 9.17.